The maximum atomic E-state index is 13.5. The molecule has 0 spiro atoms. The summed E-state index contributed by atoms with van der Waals surface area (Å²) in [4.78, 5) is 41.6. The fraction of sp³-hybridized carbons (Fsp3) is 0.192. The molecule has 3 aromatic carbocycles. The first-order valence-electron chi connectivity index (χ1n) is 11.3. The Morgan fingerprint density at radius 1 is 0.722 bits per heavy atom. The highest BCUT2D eigenvalue weighted by Gasteiger charge is 2.39. The third kappa shape index (κ3) is 5.44. The highest BCUT2D eigenvalue weighted by molar-refractivity contribution is 7.92. The SMILES string of the molecule is O=C(NC(C(=O)N1CCN(C(=O)c2ccccc2)CC1)S(=O)(=O)c1ccc(F)cc1)c1ccccc1. The molecule has 1 N–H and O–H groups in total. The lowest BCUT2D eigenvalue weighted by molar-refractivity contribution is -0.132. The van der Waals surface area contributed by atoms with E-state index in [1.54, 1.807) is 53.4 Å². The van der Waals surface area contributed by atoms with Gasteiger partial charge in [0.15, 0.2) is 0 Å². The van der Waals surface area contributed by atoms with Gasteiger partial charge in [0.2, 0.25) is 15.2 Å². The Morgan fingerprint density at radius 3 is 1.78 bits per heavy atom. The molecule has 1 unspecified atom stereocenters. The zero-order valence-electron chi connectivity index (χ0n) is 19.2. The van der Waals surface area contributed by atoms with E-state index in [0.29, 0.717) is 5.56 Å². The van der Waals surface area contributed by atoms with E-state index >= 15 is 0 Å². The molecule has 3 aromatic rings. The molecule has 0 aromatic heterocycles. The Labute approximate surface area is 208 Å². The van der Waals surface area contributed by atoms with E-state index in [1.807, 2.05) is 0 Å². The average Bonchev–Trinajstić information content (AvgIpc) is 2.92. The molecule has 1 atom stereocenters. The number of carbonyl (C=O) groups excluding carboxylic acids is 3. The zero-order chi connectivity index (χ0) is 25.7. The molecular formula is C26H24FN3O5S. The number of hydrogen-bond donors (Lipinski definition) is 1. The van der Waals surface area contributed by atoms with Crippen LogP contribution < -0.4 is 5.32 Å². The number of sulfone groups is 1. The van der Waals surface area contributed by atoms with Gasteiger partial charge in [0, 0.05) is 37.3 Å². The van der Waals surface area contributed by atoms with Crippen molar-refractivity contribution in [3.63, 3.8) is 0 Å². The Bertz CT molecular complexity index is 1340. The molecule has 4 rings (SSSR count). The lowest BCUT2D eigenvalue weighted by atomic mass is 10.2. The van der Waals surface area contributed by atoms with Crippen LogP contribution in [0.5, 0.6) is 0 Å². The van der Waals surface area contributed by atoms with E-state index in [1.165, 1.54) is 17.0 Å². The molecule has 1 heterocycles. The van der Waals surface area contributed by atoms with Crippen LogP contribution in [0.3, 0.4) is 0 Å². The summed E-state index contributed by atoms with van der Waals surface area (Å²) in [6.45, 7) is 0.590. The zero-order valence-corrected chi connectivity index (χ0v) is 20.0. The quantitative estimate of drug-likeness (QED) is 0.514. The van der Waals surface area contributed by atoms with Crippen LogP contribution in [0.2, 0.25) is 0 Å². The summed E-state index contributed by atoms with van der Waals surface area (Å²) in [6, 6.07) is 20.7. The number of benzene rings is 3. The standard InChI is InChI=1S/C26H24FN3O5S/c27-21-11-13-22(14-12-21)36(34,35)24(28-23(31)19-7-3-1-4-8-19)26(33)30-17-15-29(16-18-30)25(32)20-9-5-2-6-10-20/h1-14,24H,15-18H2,(H,28,31). The van der Waals surface area contributed by atoms with Crippen molar-refractivity contribution in [3.05, 3.63) is 102 Å². The lowest BCUT2D eigenvalue weighted by Gasteiger charge is -2.36. The molecule has 0 saturated carbocycles. The molecule has 8 nitrogen and oxygen atoms in total. The molecular weight excluding hydrogens is 485 g/mol. The minimum atomic E-state index is -4.41. The van der Waals surface area contributed by atoms with E-state index < -0.39 is 32.8 Å². The first-order valence-corrected chi connectivity index (χ1v) is 12.8. The minimum absolute atomic E-state index is 0.0913. The van der Waals surface area contributed by atoms with Gasteiger partial charge in [-0.05, 0) is 48.5 Å². The largest absolute Gasteiger partial charge is 0.336 e. The van der Waals surface area contributed by atoms with Crippen LogP contribution in [0.1, 0.15) is 20.7 Å². The van der Waals surface area contributed by atoms with Crippen molar-refractivity contribution in [2.75, 3.05) is 26.2 Å². The number of nitrogens with one attached hydrogen (secondary N) is 1. The smallest absolute Gasteiger partial charge is 0.261 e. The second-order valence-electron chi connectivity index (χ2n) is 8.20. The number of halogens is 1. The van der Waals surface area contributed by atoms with Gasteiger partial charge < -0.3 is 15.1 Å². The highest BCUT2D eigenvalue weighted by atomic mass is 32.2. The average molecular weight is 510 g/mol. The fourth-order valence-corrected chi connectivity index (χ4v) is 5.35. The van der Waals surface area contributed by atoms with E-state index in [9.17, 15) is 27.2 Å². The monoisotopic (exact) mass is 509 g/mol. The van der Waals surface area contributed by atoms with Crippen LogP contribution in [0.25, 0.3) is 0 Å². The topological polar surface area (TPSA) is 104 Å². The Kier molecular flexibility index (Phi) is 7.44. The van der Waals surface area contributed by atoms with Crippen molar-refractivity contribution >= 4 is 27.6 Å². The molecule has 3 amide bonds. The van der Waals surface area contributed by atoms with Gasteiger partial charge >= 0.3 is 0 Å². The van der Waals surface area contributed by atoms with Crippen LogP contribution in [-0.2, 0) is 14.6 Å². The minimum Gasteiger partial charge on any atom is -0.336 e. The van der Waals surface area contributed by atoms with E-state index in [0.717, 1.165) is 24.3 Å². The number of hydrogen-bond acceptors (Lipinski definition) is 5. The summed E-state index contributed by atoms with van der Waals surface area (Å²) in [6.07, 6.45) is 0. The third-order valence-corrected chi connectivity index (χ3v) is 7.74. The Morgan fingerprint density at radius 2 is 1.22 bits per heavy atom. The van der Waals surface area contributed by atoms with Gasteiger partial charge in [-0.2, -0.15) is 0 Å². The van der Waals surface area contributed by atoms with Crippen molar-refractivity contribution in [2.45, 2.75) is 10.3 Å². The number of amides is 3. The van der Waals surface area contributed by atoms with Gasteiger partial charge in [-0.15, -0.1) is 0 Å². The predicted octanol–water partition coefficient (Wildman–Crippen LogP) is 2.34. The normalized spacial score (nSPS) is 14.7. The lowest BCUT2D eigenvalue weighted by Crippen LogP contribution is -2.57. The van der Waals surface area contributed by atoms with E-state index in [4.69, 9.17) is 0 Å². The summed E-state index contributed by atoms with van der Waals surface area (Å²) in [5, 5.41) is 0.427. The Balaban J connectivity index is 1.55. The first-order chi connectivity index (χ1) is 17.3. The molecule has 0 radical (unpaired) electrons. The second kappa shape index (κ2) is 10.7. The summed E-state index contributed by atoms with van der Waals surface area (Å²) in [5.74, 6) is -2.38. The molecule has 10 heteroatoms. The van der Waals surface area contributed by atoms with E-state index in [-0.39, 0.29) is 42.5 Å². The fourth-order valence-electron chi connectivity index (χ4n) is 3.88. The number of piperazine rings is 1. The summed E-state index contributed by atoms with van der Waals surface area (Å²) >= 11 is 0. The van der Waals surface area contributed by atoms with Gasteiger partial charge in [-0.25, -0.2) is 12.8 Å². The van der Waals surface area contributed by atoms with Gasteiger partial charge in [0.25, 0.3) is 17.7 Å². The molecule has 1 aliphatic heterocycles. The highest BCUT2D eigenvalue weighted by Crippen LogP contribution is 2.19. The van der Waals surface area contributed by atoms with Crippen LogP contribution >= 0.6 is 0 Å². The number of carbonyl (C=O) groups is 3. The van der Waals surface area contributed by atoms with Crippen LogP contribution in [0, 0.1) is 5.82 Å². The first kappa shape index (κ1) is 25.1. The van der Waals surface area contributed by atoms with Crippen LogP contribution in [-0.4, -0.2) is 67.5 Å². The van der Waals surface area contributed by atoms with Crippen molar-refractivity contribution in [1.29, 1.82) is 0 Å². The Hall–Kier alpha value is -4.05. The summed E-state index contributed by atoms with van der Waals surface area (Å²) < 4.78 is 40.2. The van der Waals surface area contributed by atoms with Crippen molar-refractivity contribution in [2.24, 2.45) is 0 Å². The van der Waals surface area contributed by atoms with Crippen molar-refractivity contribution < 1.29 is 27.2 Å². The van der Waals surface area contributed by atoms with Crippen molar-refractivity contribution in [3.8, 4) is 0 Å². The van der Waals surface area contributed by atoms with Gasteiger partial charge in [-0.1, -0.05) is 36.4 Å². The van der Waals surface area contributed by atoms with Crippen LogP contribution in [0.15, 0.2) is 89.8 Å². The van der Waals surface area contributed by atoms with Crippen molar-refractivity contribution in [1.82, 2.24) is 15.1 Å². The van der Waals surface area contributed by atoms with Gasteiger partial charge in [0.1, 0.15) is 5.82 Å². The molecule has 1 fully saturated rings. The second-order valence-corrected chi connectivity index (χ2v) is 10.2. The number of rotatable bonds is 6. The predicted molar refractivity (Wildman–Crippen MR) is 130 cm³/mol. The molecule has 1 aliphatic rings. The maximum absolute atomic E-state index is 13.5. The summed E-state index contributed by atoms with van der Waals surface area (Å²) in [5.41, 5.74) is 0.701. The summed E-state index contributed by atoms with van der Waals surface area (Å²) in [7, 11) is -4.41. The number of nitrogens with zero attached hydrogens (tertiary/aromatic N) is 2. The van der Waals surface area contributed by atoms with Crippen LogP contribution in [0.4, 0.5) is 4.39 Å². The maximum Gasteiger partial charge on any atom is 0.261 e. The molecule has 0 bridgehead atoms. The third-order valence-electron chi connectivity index (χ3n) is 5.87. The molecule has 186 valence electrons. The molecule has 0 aliphatic carbocycles. The van der Waals surface area contributed by atoms with E-state index in [2.05, 4.69) is 5.32 Å². The van der Waals surface area contributed by atoms with Gasteiger partial charge in [0.05, 0.1) is 4.90 Å². The van der Waals surface area contributed by atoms with Gasteiger partial charge in [-0.3, -0.25) is 14.4 Å². The molecule has 1 saturated heterocycles. The molecule has 36 heavy (non-hydrogen) atoms.